The summed E-state index contributed by atoms with van der Waals surface area (Å²) in [6.45, 7) is 3.96. The lowest BCUT2D eigenvalue weighted by Crippen LogP contribution is -2.13. The van der Waals surface area contributed by atoms with E-state index >= 15 is 0 Å². The second kappa shape index (κ2) is 5.95. The number of carbonyl (C=O) groups excluding carboxylic acids is 1. The molecule has 0 heterocycles. The minimum absolute atomic E-state index is 0.116. The summed E-state index contributed by atoms with van der Waals surface area (Å²) in [6.07, 6.45) is 3.40. The molecule has 0 unspecified atom stereocenters. The van der Waals surface area contributed by atoms with Gasteiger partial charge in [0.1, 0.15) is 5.75 Å². The van der Waals surface area contributed by atoms with Crippen molar-refractivity contribution in [2.75, 3.05) is 7.05 Å². The van der Waals surface area contributed by atoms with Crippen LogP contribution in [-0.2, 0) is 4.79 Å². The molecular weight excluding hydrogens is 202 g/mol. The van der Waals surface area contributed by atoms with E-state index in [-0.39, 0.29) is 12.0 Å². The average molecular weight is 219 g/mol. The number of likely N-dealkylation sites (N-methyl/N-ethyl adjacent to an activating group) is 1. The number of carbonyl (C=O) groups is 1. The van der Waals surface area contributed by atoms with Crippen LogP contribution in [0.15, 0.2) is 30.3 Å². The van der Waals surface area contributed by atoms with Crippen LogP contribution in [-0.4, -0.2) is 19.1 Å². The molecule has 0 aliphatic rings. The number of nitrogens with one attached hydrogen (secondary N) is 1. The zero-order valence-electron chi connectivity index (χ0n) is 9.86. The SMILES string of the molecule is CNC(=O)/C=C/c1cccc(OC(C)C)c1. The highest BCUT2D eigenvalue weighted by atomic mass is 16.5. The molecule has 0 radical (unpaired) electrons. The third-order valence-corrected chi connectivity index (χ3v) is 1.90. The highest BCUT2D eigenvalue weighted by molar-refractivity contribution is 5.91. The van der Waals surface area contributed by atoms with Gasteiger partial charge in [-0.1, -0.05) is 12.1 Å². The van der Waals surface area contributed by atoms with Crippen molar-refractivity contribution >= 4 is 12.0 Å². The molecule has 0 bridgehead atoms. The van der Waals surface area contributed by atoms with Crippen molar-refractivity contribution < 1.29 is 9.53 Å². The molecule has 1 aromatic carbocycles. The van der Waals surface area contributed by atoms with Gasteiger partial charge in [0.15, 0.2) is 0 Å². The van der Waals surface area contributed by atoms with Crippen molar-refractivity contribution in [1.29, 1.82) is 0 Å². The minimum Gasteiger partial charge on any atom is -0.491 e. The van der Waals surface area contributed by atoms with E-state index in [1.807, 2.05) is 38.1 Å². The Morgan fingerprint density at radius 3 is 2.81 bits per heavy atom. The van der Waals surface area contributed by atoms with E-state index in [1.54, 1.807) is 13.1 Å². The average Bonchev–Trinajstić information content (AvgIpc) is 2.25. The molecule has 0 saturated heterocycles. The fourth-order valence-corrected chi connectivity index (χ4v) is 1.22. The summed E-state index contributed by atoms with van der Waals surface area (Å²) >= 11 is 0. The van der Waals surface area contributed by atoms with E-state index in [2.05, 4.69) is 5.32 Å². The van der Waals surface area contributed by atoms with Gasteiger partial charge in [0.05, 0.1) is 6.10 Å². The lowest BCUT2D eigenvalue weighted by atomic mass is 10.2. The maximum Gasteiger partial charge on any atom is 0.243 e. The zero-order valence-corrected chi connectivity index (χ0v) is 9.86. The monoisotopic (exact) mass is 219 g/mol. The van der Waals surface area contributed by atoms with Crippen molar-refractivity contribution in [3.05, 3.63) is 35.9 Å². The number of rotatable bonds is 4. The summed E-state index contributed by atoms with van der Waals surface area (Å²) in [7, 11) is 1.60. The van der Waals surface area contributed by atoms with E-state index in [1.165, 1.54) is 6.08 Å². The number of benzene rings is 1. The first-order chi connectivity index (χ1) is 7.61. The van der Waals surface area contributed by atoms with Gasteiger partial charge in [0.25, 0.3) is 0 Å². The first-order valence-corrected chi connectivity index (χ1v) is 5.28. The summed E-state index contributed by atoms with van der Waals surface area (Å²) in [5, 5.41) is 2.53. The molecule has 1 amide bonds. The molecule has 0 fully saturated rings. The Hall–Kier alpha value is -1.77. The topological polar surface area (TPSA) is 38.3 Å². The smallest absolute Gasteiger partial charge is 0.243 e. The molecule has 3 heteroatoms. The van der Waals surface area contributed by atoms with Gasteiger partial charge in [0.2, 0.25) is 5.91 Å². The molecule has 0 saturated carbocycles. The van der Waals surface area contributed by atoms with Gasteiger partial charge in [-0.15, -0.1) is 0 Å². The van der Waals surface area contributed by atoms with Crippen molar-refractivity contribution in [1.82, 2.24) is 5.32 Å². The number of hydrogen-bond acceptors (Lipinski definition) is 2. The summed E-state index contributed by atoms with van der Waals surface area (Å²) in [4.78, 5) is 11.0. The first-order valence-electron chi connectivity index (χ1n) is 5.28. The van der Waals surface area contributed by atoms with Crippen LogP contribution in [0, 0.1) is 0 Å². The van der Waals surface area contributed by atoms with E-state index in [0.717, 1.165) is 11.3 Å². The van der Waals surface area contributed by atoms with E-state index < -0.39 is 0 Å². The molecule has 0 spiro atoms. The molecular formula is C13H17NO2. The maximum absolute atomic E-state index is 11.0. The second-order valence-electron chi connectivity index (χ2n) is 3.69. The van der Waals surface area contributed by atoms with Gasteiger partial charge in [-0.2, -0.15) is 0 Å². The van der Waals surface area contributed by atoms with Crippen LogP contribution in [0.4, 0.5) is 0 Å². The van der Waals surface area contributed by atoms with E-state index in [4.69, 9.17) is 4.74 Å². The fraction of sp³-hybridized carbons (Fsp3) is 0.308. The summed E-state index contributed by atoms with van der Waals surface area (Å²) in [5.74, 6) is 0.698. The Labute approximate surface area is 96.1 Å². The highest BCUT2D eigenvalue weighted by Gasteiger charge is 1.97. The lowest BCUT2D eigenvalue weighted by Gasteiger charge is -2.09. The molecule has 0 aliphatic carbocycles. The summed E-state index contributed by atoms with van der Waals surface area (Å²) in [6, 6.07) is 7.63. The largest absolute Gasteiger partial charge is 0.491 e. The van der Waals surface area contributed by atoms with Crippen LogP contribution in [0.2, 0.25) is 0 Å². The third kappa shape index (κ3) is 4.17. The Balaban J connectivity index is 2.74. The molecule has 0 atom stereocenters. The molecule has 1 N–H and O–H groups in total. The quantitative estimate of drug-likeness (QED) is 0.789. The van der Waals surface area contributed by atoms with Gasteiger partial charge in [-0.25, -0.2) is 0 Å². The number of ether oxygens (including phenoxy) is 1. The van der Waals surface area contributed by atoms with Crippen molar-refractivity contribution in [3.8, 4) is 5.75 Å². The van der Waals surface area contributed by atoms with Gasteiger partial charge in [-0.3, -0.25) is 4.79 Å². The highest BCUT2D eigenvalue weighted by Crippen LogP contribution is 2.15. The van der Waals surface area contributed by atoms with Crippen LogP contribution in [0.1, 0.15) is 19.4 Å². The lowest BCUT2D eigenvalue weighted by molar-refractivity contribution is -0.115. The third-order valence-electron chi connectivity index (χ3n) is 1.90. The first kappa shape index (κ1) is 12.3. The maximum atomic E-state index is 11.0. The van der Waals surface area contributed by atoms with Crippen molar-refractivity contribution in [2.24, 2.45) is 0 Å². The Morgan fingerprint density at radius 1 is 1.44 bits per heavy atom. The molecule has 3 nitrogen and oxygen atoms in total. The Bertz CT molecular complexity index is 383. The van der Waals surface area contributed by atoms with Gasteiger partial charge < -0.3 is 10.1 Å². The van der Waals surface area contributed by atoms with Crippen LogP contribution in [0.3, 0.4) is 0 Å². The number of amides is 1. The summed E-state index contributed by atoms with van der Waals surface area (Å²) < 4.78 is 5.55. The molecule has 16 heavy (non-hydrogen) atoms. The second-order valence-corrected chi connectivity index (χ2v) is 3.69. The molecule has 1 aromatic rings. The van der Waals surface area contributed by atoms with Gasteiger partial charge in [-0.05, 0) is 37.6 Å². The van der Waals surface area contributed by atoms with Gasteiger partial charge >= 0.3 is 0 Å². The predicted octanol–water partition coefficient (Wildman–Crippen LogP) is 2.23. The van der Waals surface area contributed by atoms with Gasteiger partial charge in [0, 0.05) is 13.1 Å². The minimum atomic E-state index is -0.116. The van der Waals surface area contributed by atoms with Crippen LogP contribution >= 0.6 is 0 Å². The fourth-order valence-electron chi connectivity index (χ4n) is 1.22. The van der Waals surface area contributed by atoms with E-state index in [0.29, 0.717) is 0 Å². The normalized spacial score (nSPS) is 10.8. The Kier molecular flexibility index (Phi) is 4.58. The van der Waals surface area contributed by atoms with Crippen LogP contribution < -0.4 is 10.1 Å². The molecule has 86 valence electrons. The molecule has 0 aromatic heterocycles. The number of hydrogen-bond donors (Lipinski definition) is 1. The van der Waals surface area contributed by atoms with Crippen molar-refractivity contribution in [3.63, 3.8) is 0 Å². The molecule has 1 rings (SSSR count). The Morgan fingerprint density at radius 2 is 2.19 bits per heavy atom. The molecule has 0 aliphatic heterocycles. The standard InChI is InChI=1S/C13H17NO2/c1-10(2)16-12-6-4-5-11(9-12)7-8-13(15)14-3/h4-10H,1-3H3,(H,14,15)/b8-7+. The van der Waals surface area contributed by atoms with Crippen LogP contribution in [0.25, 0.3) is 6.08 Å². The van der Waals surface area contributed by atoms with Crippen molar-refractivity contribution in [2.45, 2.75) is 20.0 Å². The van der Waals surface area contributed by atoms with E-state index in [9.17, 15) is 4.79 Å². The summed E-state index contributed by atoms with van der Waals surface area (Å²) in [5.41, 5.74) is 0.946. The predicted molar refractivity (Wildman–Crippen MR) is 65.3 cm³/mol. The van der Waals surface area contributed by atoms with Crippen LogP contribution in [0.5, 0.6) is 5.75 Å². The zero-order chi connectivity index (χ0) is 12.0.